The Balaban J connectivity index is 0.788. The fraction of sp³-hybridized carbons (Fsp3) is 0.857. The highest BCUT2D eigenvalue weighted by molar-refractivity contribution is 5.89. The first kappa shape index (κ1) is 117. The van der Waals surface area contributed by atoms with E-state index >= 15 is 9.59 Å². The molecule has 0 unspecified atom stereocenters. The molecule has 8 aliphatic heterocycles. The lowest BCUT2D eigenvalue weighted by Crippen LogP contribution is -2.70. The molecule has 0 bridgehead atoms. The van der Waals surface area contributed by atoms with Crippen LogP contribution in [-0.4, -0.2) is 456 Å². The van der Waals surface area contributed by atoms with Gasteiger partial charge in [0.15, 0.2) is 56.2 Å². The van der Waals surface area contributed by atoms with Crippen molar-refractivity contribution >= 4 is 23.8 Å². The fourth-order valence-corrected chi connectivity index (χ4v) is 24.7. The Morgan fingerprint density at radius 3 is 1.59 bits per heavy atom. The van der Waals surface area contributed by atoms with Gasteiger partial charge in [-0.1, -0.05) is 84.4 Å². The Kier molecular flexibility index (Phi) is 37.4. The second-order valence-electron chi connectivity index (χ2n) is 44.1. The minimum atomic E-state index is -2.30. The van der Waals surface area contributed by atoms with Gasteiger partial charge >= 0.3 is 17.9 Å². The number of nitrogens with one attached hydrogen (secondary N) is 1. The summed E-state index contributed by atoms with van der Waals surface area (Å²) in [7, 11) is 0. The van der Waals surface area contributed by atoms with Crippen molar-refractivity contribution in [1.29, 1.82) is 0 Å². The van der Waals surface area contributed by atoms with E-state index in [9.17, 15) is 132 Å². The quantitative estimate of drug-likeness (QED) is 0.00924. The molecule has 4 saturated carbocycles. The molecule has 8 saturated heterocycles. The van der Waals surface area contributed by atoms with Gasteiger partial charge in [-0.25, -0.2) is 9.59 Å². The number of allylic oxidation sites excluding steroid dienone is 4. The first-order valence-electron chi connectivity index (χ1n) is 50.0. The molecule has 13 aliphatic rings. The summed E-state index contributed by atoms with van der Waals surface area (Å²) in [5, 5.41) is 272. The summed E-state index contributed by atoms with van der Waals surface area (Å²) >= 11 is 0. The summed E-state index contributed by atoms with van der Waals surface area (Å²) in [4.78, 5) is 58.4. The molecule has 12 fully saturated rings. The second-order valence-corrected chi connectivity index (χ2v) is 44.1. The van der Waals surface area contributed by atoms with Gasteiger partial charge in [0.1, 0.15) is 164 Å². The Morgan fingerprint density at radius 2 is 0.979 bits per heavy atom. The number of amides is 1. The highest BCUT2D eigenvalue weighted by Gasteiger charge is 2.74. The summed E-state index contributed by atoms with van der Waals surface area (Å²) in [6.45, 7) is 24.5. The van der Waals surface area contributed by atoms with Crippen LogP contribution in [0.1, 0.15) is 167 Å². The van der Waals surface area contributed by atoms with Crippen LogP contribution in [0.5, 0.6) is 0 Å². The van der Waals surface area contributed by atoms with Crippen LogP contribution in [0.3, 0.4) is 0 Å². The van der Waals surface area contributed by atoms with Gasteiger partial charge < -0.3 is 213 Å². The van der Waals surface area contributed by atoms with Crippen molar-refractivity contribution in [3.63, 3.8) is 0 Å². The van der Waals surface area contributed by atoms with E-state index in [1.165, 1.54) is 58.9 Å². The number of aliphatic hydroxyl groups excluding tert-OH is 23. The second kappa shape index (κ2) is 46.4. The Hall–Kier alpha value is -4.98. The van der Waals surface area contributed by atoms with Crippen LogP contribution in [-0.2, 0) is 104 Å². The number of fused-ring (bicyclic) bond motifs is 7. The molecule has 0 radical (unpaired) electrons. The summed E-state index contributed by atoms with van der Waals surface area (Å²) in [5.74, 6) is -5.48. The highest BCUT2D eigenvalue weighted by Crippen LogP contribution is 2.76. The van der Waals surface area contributed by atoms with Crippen molar-refractivity contribution in [1.82, 2.24) is 5.32 Å². The van der Waals surface area contributed by atoms with E-state index in [1.807, 2.05) is 20.8 Å². The number of hydrogen-bond acceptors (Lipinski definition) is 46. The van der Waals surface area contributed by atoms with Crippen LogP contribution in [0, 0.1) is 50.2 Å². The molecule has 47 nitrogen and oxygen atoms in total. The van der Waals surface area contributed by atoms with Gasteiger partial charge in [-0.3, -0.25) is 9.59 Å². The van der Waals surface area contributed by atoms with Gasteiger partial charge in [0.05, 0.1) is 99.1 Å². The summed E-state index contributed by atoms with van der Waals surface area (Å²) in [6, 6.07) is -1.38. The summed E-state index contributed by atoms with van der Waals surface area (Å²) in [6.07, 6.45) is -60.6. The van der Waals surface area contributed by atoms with Crippen LogP contribution in [0.4, 0.5) is 0 Å². The molecule has 50 atom stereocenters. The van der Waals surface area contributed by atoms with Crippen molar-refractivity contribution in [2.24, 2.45) is 50.2 Å². The average Bonchev–Trinajstić information content (AvgIpc) is 1.26. The van der Waals surface area contributed by atoms with E-state index < -0.39 is 378 Å². The zero-order chi connectivity index (χ0) is 107. The van der Waals surface area contributed by atoms with Gasteiger partial charge in [-0.05, 0) is 145 Å². The maximum atomic E-state index is 16.9. The fourth-order valence-electron chi connectivity index (χ4n) is 24.7. The number of rotatable bonds is 35. The van der Waals surface area contributed by atoms with Gasteiger partial charge in [-0.15, -0.1) is 13.2 Å². The minimum absolute atomic E-state index is 0.0571. The molecule has 47 heteroatoms. The zero-order valence-corrected chi connectivity index (χ0v) is 83.9. The number of esters is 3. The summed E-state index contributed by atoms with van der Waals surface area (Å²) < 4.78 is 110. The standard InChI is InChI=1S/C98H155NO46/c1-16-93(11,127)26-18-20-45(34-101)81(125)139-75-41(4)132-87(73(122)69(75)118)145-94(12,17-2)27-19-21-44(33-100)80(124)137-57-32-98(90(126)144-89-79(68(117)62(111)50(36-103)135-89)143-86-74(123)77(141-85-72(121)66(115)61(110)49(35-102)133-85)76(42(5)131-86)140-84-71(120)63(112)51(37-104)134-84)47(30-91(57,7)8)46-22-23-54-95(13)28-25-56(92(9,10)53(95)24-29-96(54,14)97(46,15)31-55(98)107)138-82-58(99-43(6)105)65(114)64(113)52(136-82)39-129-88-78(67(116)59(108)40(3)130-88)142-83-70(119)60(109)48(106)38-128-83/h16-17,20-22,40-42,47-79,82-89,100-104,106-123,127H,1-2,18-19,23-39H2,3-15H3,(H,99,105)/b44-21+,45-20+/t40-,41-,42+,47+,48-,49-,50-,51+,52-,53-,54-,55-,56+,57+,58-,59+,60+,61-,62-,63+,64-,65-,66+,67+,68+,69-,70-,71-,72-,73-,74-,75-,76+,77+,78-,79-,82+,83+,84+,85+,86+,87+,88-,89+,93+,94+,95+,96-,97-,98-/m1/s1. The smallest absolute Gasteiger partial charge is 0.336 e. The molecule has 145 heavy (non-hydrogen) atoms. The number of carbonyl (C=O) groups excluding carboxylic acids is 4. The lowest BCUT2D eigenvalue weighted by Gasteiger charge is -2.72. The van der Waals surface area contributed by atoms with Crippen molar-refractivity contribution in [3.05, 3.63) is 60.3 Å². The first-order valence-corrected chi connectivity index (χ1v) is 50.0. The van der Waals surface area contributed by atoms with E-state index in [-0.39, 0.29) is 61.5 Å². The van der Waals surface area contributed by atoms with Crippen LogP contribution in [0.2, 0.25) is 0 Å². The van der Waals surface area contributed by atoms with E-state index in [4.69, 9.17) is 85.3 Å². The zero-order valence-electron chi connectivity index (χ0n) is 83.9. The predicted octanol–water partition coefficient (Wildman–Crippen LogP) is -5.92. The van der Waals surface area contributed by atoms with Gasteiger partial charge in [0, 0.05) is 18.8 Å². The predicted molar refractivity (Wildman–Crippen MR) is 490 cm³/mol. The van der Waals surface area contributed by atoms with E-state index in [0.29, 0.717) is 37.7 Å². The summed E-state index contributed by atoms with van der Waals surface area (Å²) in [5.41, 5.74) is -9.16. The molecule has 0 aromatic rings. The monoisotopic (exact) mass is 2080 g/mol. The Bertz CT molecular complexity index is 4490. The third-order valence-corrected chi connectivity index (χ3v) is 34.0. The number of aliphatic hydroxyl groups is 24. The third-order valence-electron chi connectivity index (χ3n) is 34.0. The number of carbonyl (C=O) groups is 4. The van der Waals surface area contributed by atoms with Gasteiger partial charge in [-0.2, -0.15) is 0 Å². The van der Waals surface area contributed by atoms with Crippen molar-refractivity contribution in [3.8, 4) is 0 Å². The molecular formula is C98H155NO46. The van der Waals surface area contributed by atoms with E-state index in [0.717, 1.165) is 0 Å². The molecule has 0 spiro atoms. The normalized spacial score (nSPS) is 47.7. The van der Waals surface area contributed by atoms with Crippen LogP contribution in [0.25, 0.3) is 0 Å². The maximum Gasteiger partial charge on any atom is 0.336 e. The maximum absolute atomic E-state index is 16.9. The SMILES string of the molecule is C=C[C@](C)(O)CC/C=C(\CO)C(=O)O[C@H]1[C@H](O)[C@@H](O)[C@H](O[C@@](C)(C=C)CC/C=C(\CO)C(=O)O[C@H]2C[C@]3(C(=O)O[C@@H]4O[C@H](CO)[C@@H](O)[C@H](O)[C@H]4O[C@@H]4O[C@@H](C)[C@H](O[C@@H]5O[C@@H](CO)[C@H](O)[C@H]5O)[C@@H](O[C@@H]5O[C@H](CO)[C@@H](O)[C@H](O)[C@H]5O)[C@H]4O)[C@H](O)C[C@]4(C)C(=CC[C@@H]5[C@@]6(C)CC[C@H](O[C@@H]7O[C@H](CO[C@@H]8O[C@H](C)[C@H](O)[C@H](O)[C@H]8O[C@@H]8OC[C@@H](O)[C@H](O)[C@H]8O)[C@@H](O)[C@H](O)[C@H]7NC(C)=O)C(C)(C)[C@H]6CC[C@]54C)[C@@H]3CC2(C)C)O[C@@H]1C. The molecule has 828 valence electrons. The van der Waals surface area contributed by atoms with Crippen LogP contribution in [0.15, 0.2) is 60.3 Å². The molecule has 5 aliphatic carbocycles. The molecular weight excluding hydrogens is 1930 g/mol. The number of ether oxygens (including phenoxy) is 18. The van der Waals surface area contributed by atoms with E-state index in [1.54, 1.807) is 20.8 Å². The van der Waals surface area contributed by atoms with Gasteiger partial charge in [0.25, 0.3) is 0 Å². The minimum Gasteiger partial charge on any atom is -0.458 e. The van der Waals surface area contributed by atoms with Crippen molar-refractivity contribution in [2.75, 3.05) is 46.2 Å². The highest BCUT2D eigenvalue weighted by atomic mass is 16.8. The first-order chi connectivity index (χ1) is 68.0. The topological polar surface area (TPSA) is 732 Å². The lowest BCUT2D eigenvalue weighted by atomic mass is 9.33. The Labute approximate surface area is 839 Å². The average molecular weight is 2080 g/mol. The van der Waals surface area contributed by atoms with Crippen molar-refractivity contribution in [2.45, 2.75) is 430 Å². The Morgan fingerprint density at radius 1 is 0.476 bits per heavy atom. The van der Waals surface area contributed by atoms with Crippen LogP contribution >= 0.6 is 0 Å². The van der Waals surface area contributed by atoms with Crippen LogP contribution < -0.4 is 5.32 Å². The van der Waals surface area contributed by atoms with Gasteiger partial charge in [0.2, 0.25) is 12.2 Å². The van der Waals surface area contributed by atoms with Crippen molar-refractivity contribution < 1.29 is 227 Å². The largest absolute Gasteiger partial charge is 0.458 e. The molecule has 25 N–H and O–H groups in total. The molecule has 0 aromatic heterocycles. The molecule has 8 heterocycles. The molecule has 13 rings (SSSR count). The lowest BCUT2D eigenvalue weighted by molar-refractivity contribution is -0.390. The van der Waals surface area contributed by atoms with E-state index in [2.05, 4.69) is 38.4 Å². The third kappa shape index (κ3) is 23.0. The molecule has 0 aromatic carbocycles. The number of hydrogen-bond donors (Lipinski definition) is 25. The molecule has 1 amide bonds.